The summed E-state index contributed by atoms with van der Waals surface area (Å²) in [5.74, 6) is 0.341. The second-order valence-corrected chi connectivity index (χ2v) is 6.16. The Kier molecular flexibility index (Phi) is 6.58. The number of nitrogens with zero attached hydrogens (tertiary/aromatic N) is 1. The number of nitrogens with one attached hydrogen (secondary N) is 3. The zero-order valence-corrected chi connectivity index (χ0v) is 14.5. The molecule has 132 valence electrons. The maximum absolute atomic E-state index is 14.0. The van der Waals surface area contributed by atoms with Gasteiger partial charge >= 0.3 is 0 Å². The van der Waals surface area contributed by atoms with Crippen LogP contribution in [0.3, 0.4) is 0 Å². The van der Waals surface area contributed by atoms with Crippen LogP contribution in [0.25, 0.3) is 0 Å². The van der Waals surface area contributed by atoms with E-state index in [2.05, 4.69) is 20.9 Å². The third-order valence-electron chi connectivity index (χ3n) is 4.19. The summed E-state index contributed by atoms with van der Waals surface area (Å²) in [7, 11) is 0. The van der Waals surface area contributed by atoms with Gasteiger partial charge in [0.25, 0.3) is 0 Å². The third-order valence-corrected chi connectivity index (χ3v) is 4.19. The van der Waals surface area contributed by atoms with Crippen LogP contribution in [0, 0.1) is 5.82 Å². The van der Waals surface area contributed by atoms with Crippen LogP contribution in [0.2, 0.25) is 0 Å². The topological polar surface area (TPSA) is 65.5 Å². The minimum atomic E-state index is -0.161. The first-order valence-electron chi connectivity index (χ1n) is 8.65. The largest absolute Gasteiger partial charge is 0.357 e. The van der Waals surface area contributed by atoms with E-state index in [-0.39, 0.29) is 23.7 Å². The zero-order chi connectivity index (χ0) is 17.4. The van der Waals surface area contributed by atoms with Gasteiger partial charge in [0, 0.05) is 25.0 Å². The van der Waals surface area contributed by atoms with Crippen LogP contribution in [0.15, 0.2) is 29.3 Å². The van der Waals surface area contributed by atoms with Gasteiger partial charge in [0.15, 0.2) is 5.96 Å². The summed E-state index contributed by atoms with van der Waals surface area (Å²) in [5, 5.41) is 9.18. The summed E-state index contributed by atoms with van der Waals surface area (Å²) < 4.78 is 14.0. The highest BCUT2D eigenvalue weighted by Gasteiger charge is 2.45. The van der Waals surface area contributed by atoms with E-state index in [9.17, 15) is 9.18 Å². The summed E-state index contributed by atoms with van der Waals surface area (Å²) >= 11 is 0. The van der Waals surface area contributed by atoms with Gasteiger partial charge in [-0.1, -0.05) is 25.1 Å². The SMILES string of the molecule is CCCNC(=O)CN=C(NCC)NCC1(c2ccccc2F)CC1. The van der Waals surface area contributed by atoms with Crippen molar-refractivity contribution >= 4 is 11.9 Å². The first-order chi connectivity index (χ1) is 11.6. The lowest BCUT2D eigenvalue weighted by atomic mass is 9.95. The number of amides is 1. The Labute approximate surface area is 143 Å². The molecule has 0 unspecified atom stereocenters. The van der Waals surface area contributed by atoms with Gasteiger partial charge in [-0.2, -0.15) is 0 Å². The van der Waals surface area contributed by atoms with Crippen LogP contribution in [0.5, 0.6) is 0 Å². The van der Waals surface area contributed by atoms with Crippen LogP contribution in [-0.4, -0.2) is 38.0 Å². The normalized spacial score (nSPS) is 15.7. The summed E-state index contributed by atoms with van der Waals surface area (Å²) in [6, 6.07) is 6.94. The predicted molar refractivity (Wildman–Crippen MR) is 94.6 cm³/mol. The average molecular weight is 334 g/mol. The molecule has 0 aromatic heterocycles. The first kappa shape index (κ1) is 18.2. The summed E-state index contributed by atoms with van der Waals surface area (Å²) in [5.41, 5.74) is 0.598. The van der Waals surface area contributed by atoms with Crippen molar-refractivity contribution < 1.29 is 9.18 Å². The van der Waals surface area contributed by atoms with Crippen molar-refractivity contribution in [3.63, 3.8) is 0 Å². The van der Waals surface area contributed by atoms with E-state index in [0.717, 1.165) is 24.8 Å². The van der Waals surface area contributed by atoms with E-state index in [0.29, 0.717) is 25.6 Å². The van der Waals surface area contributed by atoms with Crippen LogP contribution in [0.1, 0.15) is 38.7 Å². The van der Waals surface area contributed by atoms with Crippen molar-refractivity contribution in [2.75, 3.05) is 26.2 Å². The van der Waals surface area contributed by atoms with Crippen LogP contribution in [0.4, 0.5) is 4.39 Å². The van der Waals surface area contributed by atoms with E-state index in [1.54, 1.807) is 6.07 Å². The lowest BCUT2D eigenvalue weighted by molar-refractivity contribution is -0.119. The number of halogens is 1. The molecular weight excluding hydrogens is 307 g/mol. The van der Waals surface area contributed by atoms with Gasteiger partial charge in [-0.25, -0.2) is 9.38 Å². The molecule has 2 rings (SSSR count). The molecule has 0 bridgehead atoms. The van der Waals surface area contributed by atoms with Gasteiger partial charge < -0.3 is 16.0 Å². The quantitative estimate of drug-likeness (QED) is 0.503. The maximum Gasteiger partial charge on any atom is 0.241 e. The van der Waals surface area contributed by atoms with Crippen molar-refractivity contribution in [1.82, 2.24) is 16.0 Å². The number of hydrogen-bond acceptors (Lipinski definition) is 2. The Hall–Kier alpha value is -2.11. The fourth-order valence-electron chi connectivity index (χ4n) is 2.65. The number of carbonyl (C=O) groups excluding carboxylic acids is 1. The highest BCUT2D eigenvalue weighted by Crippen LogP contribution is 2.48. The van der Waals surface area contributed by atoms with Crippen molar-refractivity contribution in [3.8, 4) is 0 Å². The van der Waals surface area contributed by atoms with Gasteiger partial charge in [0.05, 0.1) is 0 Å². The number of rotatable bonds is 8. The Balaban J connectivity index is 1.94. The molecule has 1 amide bonds. The van der Waals surface area contributed by atoms with Crippen molar-refractivity contribution in [3.05, 3.63) is 35.6 Å². The van der Waals surface area contributed by atoms with E-state index in [4.69, 9.17) is 0 Å². The molecule has 0 radical (unpaired) electrons. The molecule has 1 fully saturated rings. The van der Waals surface area contributed by atoms with E-state index >= 15 is 0 Å². The number of guanidine groups is 1. The molecule has 6 heteroatoms. The van der Waals surface area contributed by atoms with Gasteiger partial charge in [-0.05, 0) is 37.8 Å². The second-order valence-electron chi connectivity index (χ2n) is 6.16. The molecule has 1 aliphatic carbocycles. The molecule has 0 heterocycles. The smallest absolute Gasteiger partial charge is 0.241 e. The zero-order valence-electron chi connectivity index (χ0n) is 14.5. The Morgan fingerprint density at radius 2 is 1.96 bits per heavy atom. The highest BCUT2D eigenvalue weighted by atomic mass is 19.1. The summed E-state index contributed by atoms with van der Waals surface area (Å²) in [6.07, 6.45) is 2.81. The minimum absolute atomic E-state index is 0.0853. The summed E-state index contributed by atoms with van der Waals surface area (Å²) in [4.78, 5) is 16.0. The van der Waals surface area contributed by atoms with E-state index < -0.39 is 0 Å². The van der Waals surface area contributed by atoms with Gasteiger partial charge in [-0.3, -0.25) is 4.79 Å². The molecule has 5 nitrogen and oxygen atoms in total. The van der Waals surface area contributed by atoms with Gasteiger partial charge in [0.2, 0.25) is 5.91 Å². The molecule has 0 saturated heterocycles. The molecule has 24 heavy (non-hydrogen) atoms. The Bertz CT molecular complexity index is 584. The van der Waals surface area contributed by atoms with Crippen molar-refractivity contribution in [1.29, 1.82) is 0 Å². The number of hydrogen-bond donors (Lipinski definition) is 3. The first-order valence-corrected chi connectivity index (χ1v) is 8.65. The molecular formula is C18H27FN4O. The molecule has 0 spiro atoms. The molecule has 1 saturated carbocycles. The van der Waals surface area contributed by atoms with Crippen molar-refractivity contribution in [2.24, 2.45) is 4.99 Å². The highest BCUT2D eigenvalue weighted by molar-refractivity contribution is 5.85. The van der Waals surface area contributed by atoms with Gasteiger partial charge in [0.1, 0.15) is 12.4 Å². The minimum Gasteiger partial charge on any atom is -0.357 e. The van der Waals surface area contributed by atoms with Crippen LogP contribution in [-0.2, 0) is 10.2 Å². The number of benzene rings is 1. The fraction of sp³-hybridized carbons (Fsp3) is 0.556. The molecule has 0 atom stereocenters. The molecule has 1 aromatic rings. The lowest BCUT2D eigenvalue weighted by Gasteiger charge is -2.19. The third kappa shape index (κ3) is 4.94. The summed E-state index contributed by atoms with van der Waals surface area (Å²) in [6.45, 7) is 6.04. The van der Waals surface area contributed by atoms with E-state index in [1.807, 2.05) is 26.0 Å². The van der Waals surface area contributed by atoms with E-state index in [1.165, 1.54) is 6.07 Å². The maximum atomic E-state index is 14.0. The molecule has 1 aromatic carbocycles. The molecule has 0 aliphatic heterocycles. The lowest BCUT2D eigenvalue weighted by Crippen LogP contribution is -2.42. The van der Waals surface area contributed by atoms with Gasteiger partial charge in [-0.15, -0.1) is 0 Å². The Morgan fingerprint density at radius 3 is 2.58 bits per heavy atom. The van der Waals surface area contributed by atoms with Crippen LogP contribution >= 0.6 is 0 Å². The average Bonchev–Trinajstić information content (AvgIpc) is 3.37. The molecule has 3 N–H and O–H groups in total. The monoisotopic (exact) mass is 334 g/mol. The number of aliphatic imine (C=N–C) groups is 1. The molecule has 1 aliphatic rings. The van der Waals surface area contributed by atoms with Crippen molar-refractivity contribution in [2.45, 2.75) is 38.5 Å². The van der Waals surface area contributed by atoms with Crippen LogP contribution < -0.4 is 16.0 Å². The standard InChI is InChI=1S/C18H27FN4O/c1-3-11-21-16(24)12-22-17(20-4-2)23-13-18(9-10-18)14-7-5-6-8-15(14)19/h5-8H,3-4,9-13H2,1-2H3,(H,21,24)(H2,20,22,23). The second kappa shape index (κ2) is 8.66. The number of carbonyl (C=O) groups is 1. The Morgan fingerprint density at radius 1 is 1.21 bits per heavy atom. The fourth-order valence-corrected chi connectivity index (χ4v) is 2.65. The predicted octanol–water partition coefficient (Wildman–Crippen LogP) is 1.94.